The molecule has 0 radical (unpaired) electrons. The molecule has 0 unspecified atom stereocenters. The second-order valence-corrected chi connectivity index (χ2v) is 5.55. The maximum absolute atomic E-state index is 10.7. The fourth-order valence-corrected chi connectivity index (χ4v) is 3.25. The van der Waals surface area contributed by atoms with Gasteiger partial charge < -0.3 is 5.11 Å². The van der Waals surface area contributed by atoms with Crippen LogP contribution in [-0.2, 0) is 5.41 Å². The predicted molar refractivity (Wildman–Crippen MR) is 72.4 cm³/mol. The molecule has 1 heteroatoms. The Hall–Kier alpha value is -0.820. The molecule has 0 heterocycles. The van der Waals surface area contributed by atoms with Crippen LogP contribution in [0.5, 0.6) is 0 Å². The number of benzene rings is 1. The van der Waals surface area contributed by atoms with E-state index in [2.05, 4.69) is 45.0 Å². The number of aliphatic hydroxyl groups excluding tert-OH is 1. The summed E-state index contributed by atoms with van der Waals surface area (Å²) < 4.78 is 0. The predicted octanol–water partition coefficient (Wildman–Crippen LogP) is 4.00. The molecular weight excluding hydrogens is 208 g/mol. The van der Waals surface area contributed by atoms with Gasteiger partial charge in [-0.25, -0.2) is 0 Å². The van der Waals surface area contributed by atoms with Gasteiger partial charge in [-0.15, -0.1) is 0 Å². The highest BCUT2D eigenvalue weighted by atomic mass is 16.3. The minimum Gasteiger partial charge on any atom is -0.392 e. The van der Waals surface area contributed by atoms with Crippen LogP contribution in [0.15, 0.2) is 24.3 Å². The number of rotatable bonds is 4. The fourth-order valence-electron chi connectivity index (χ4n) is 3.25. The van der Waals surface area contributed by atoms with Crippen molar-refractivity contribution in [3.05, 3.63) is 35.4 Å². The molecule has 1 nitrogen and oxygen atoms in total. The van der Waals surface area contributed by atoms with Gasteiger partial charge in [0.25, 0.3) is 0 Å². The van der Waals surface area contributed by atoms with Crippen molar-refractivity contribution in [3.8, 4) is 0 Å². The van der Waals surface area contributed by atoms with E-state index in [1.54, 1.807) is 0 Å². The van der Waals surface area contributed by atoms with E-state index in [1.165, 1.54) is 24.0 Å². The lowest BCUT2D eigenvalue weighted by Crippen LogP contribution is -2.33. The second-order valence-electron chi connectivity index (χ2n) is 5.55. The summed E-state index contributed by atoms with van der Waals surface area (Å²) in [5.74, 6) is 0.344. The summed E-state index contributed by atoms with van der Waals surface area (Å²) in [4.78, 5) is 0. The number of hydrogen-bond donors (Lipinski definition) is 1. The van der Waals surface area contributed by atoms with Gasteiger partial charge in [0.1, 0.15) is 0 Å². The molecule has 0 spiro atoms. The lowest BCUT2D eigenvalue weighted by atomic mass is 9.78. The monoisotopic (exact) mass is 232 g/mol. The third kappa shape index (κ3) is 1.91. The molecule has 1 aliphatic carbocycles. The molecule has 1 aliphatic rings. The van der Waals surface area contributed by atoms with Crippen LogP contribution in [0, 0.1) is 0 Å². The highest BCUT2D eigenvalue weighted by Crippen LogP contribution is 2.49. The zero-order valence-electron chi connectivity index (χ0n) is 11.2. The first-order valence-electron chi connectivity index (χ1n) is 6.92. The number of hydrogen-bond acceptors (Lipinski definition) is 1. The molecule has 2 rings (SSSR count). The van der Waals surface area contributed by atoms with Crippen molar-refractivity contribution in [2.24, 2.45) is 0 Å². The van der Waals surface area contributed by atoms with E-state index in [9.17, 15) is 5.11 Å². The minimum absolute atomic E-state index is 0.0466. The lowest BCUT2D eigenvalue weighted by Gasteiger charge is -2.30. The molecule has 0 aromatic heterocycles. The van der Waals surface area contributed by atoms with Crippen molar-refractivity contribution in [2.75, 3.05) is 0 Å². The molecule has 0 aliphatic heterocycles. The lowest BCUT2D eigenvalue weighted by molar-refractivity contribution is 0.0755. The average molecular weight is 232 g/mol. The van der Waals surface area contributed by atoms with Crippen molar-refractivity contribution >= 4 is 0 Å². The zero-order chi connectivity index (χ0) is 12.5. The fraction of sp³-hybridized carbons (Fsp3) is 0.625. The summed E-state index contributed by atoms with van der Waals surface area (Å²) in [6, 6.07) is 8.61. The van der Waals surface area contributed by atoms with Crippen LogP contribution in [0.3, 0.4) is 0 Å². The van der Waals surface area contributed by atoms with E-state index in [-0.39, 0.29) is 11.5 Å². The largest absolute Gasteiger partial charge is 0.392 e. The Labute approximate surface area is 105 Å². The van der Waals surface area contributed by atoms with Crippen LogP contribution in [0.4, 0.5) is 0 Å². The third-order valence-corrected chi connectivity index (χ3v) is 4.61. The molecule has 1 N–H and O–H groups in total. The van der Waals surface area contributed by atoms with E-state index in [0.29, 0.717) is 5.92 Å². The maximum atomic E-state index is 10.7. The van der Waals surface area contributed by atoms with Gasteiger partial charge in [-0.1, -0.05) is 57.9 Å². The Morgan fingerprint density at radius 1 is 1.24 bits per heavy atom. The van der Waals surface area contributed by atoms with Gasteiger partial charge in [0.15, 0.2) is 0 Å². The Kier molecular flexibility index (Phi) is 3.58. The SMILES string of the molecule is CCCC[C@H]1c2ccccc2[C@](C)(CC)[C@@H]1O. The zero-order valence-corrected chi connectivity index (χ0v) is 11.2. The van der Waals surface area contributed by atoms with Crippen molar-refractivity contribution < 1.29 is 5.11 Å². The summed E-state index contributed by atoms with van der Waals surface area (Å²) in [6.45, 7) is 6.61. The van der Waals surface area contributed by atoms with Gasteiger partial charge >= 0.3 is 0 Å². The van der Waals surface area contributed by atoms with E-state index in [0.717, 1.165) is 12.8 Å². The Balaban J connectivity index is 2.38. The molecule has 0 amide bonds. The van der Waals surface area contributed by atoms with Crippen molar-refractivity contribution in [3.63, 3.8) is 0 Å². The molecule has 94 valence electrons. The molecular formula is C16H24O. The van der Waals surface area contributed by atoms with Crippen molar-refractivity contribution in [1.29, 1.82) is 0 Å². The normalized spacial score (nSPS) is 31.5. The second kappa shape index (κ2) is 4.81. The standard InChI is InChI=1S/C16H24O/c1-4-6-9-13-12-10-7-8-11-14(12)16(3,5-2)15(13)17/h7-8,10-11,13,15,17H,4-6,9H2,1-3H3/t13-,15+,16-/m0/s1. The van der Waals surface area contributed by atoms with Crippen LogP contribution in [-0.4, -0.2) is 11.2 Å². The van der Waals surface area contributed by atoms with Gasteiger partial charge in [-0.3, -0.25) is 0 Å². The Morgan fingerprint density at radius 2 is 1.94 bits per heavy atom. The smallest absolute Gasteiger partial charge is 0.0702 e. The molecule has 17 heavy (non-hydrogen) atoms. The highest BCUT2D eigenvalue weighted by Gasteiger charge is 2.46. The van der Waals surface area contributed by atoms with E-state index < -0.39 is 0 Å². The Morgan fingerprint density at radius 3 is 2.59 bits per heavy atom. The number of fused-ring (bicyclic) bond motifs is 1. The van der Waals surface area contributed by atoms with Crippen LogP contribution in [0.1, 0.15) is 63.5 Å². The molecule has 0 saturated carbocycles. The van der Waals surface area contributed by atoms with Crippen LogP contribution in [0.2, 0.25) is 0 Å². The van der Waals surface area contributed by atoms with Gasteiger partial charge in [0, 0.05) is 11.3 Å². The van der Waals surface area contributed by atoms with Crippen molar-refractivity contribution in [2.45, 2.75) is 63.9 Å². The average Bonchev–Trinajstić information content (AvgIpc) is 2.58. The number of aliphatic hydroxyl groups is 1. The summed E-state index contributed by atoms with van der Waals surface area (Å²) in [7, 11) is 0. The third-order valence-electron chi connectivity index (χ3n) is 4.61. The van der Waals surface area contributed by atoms with Gasteiger partial charge in [0.05, 0.1) is 6.10 Å². The summed E-state index contributed by atoms with van der Waals surface area (Å²) in [5.41, 5.74) is 2.71. The van der Waals surface area contributed by atoms with E-state index >= 15 is 0 Å². The summed E-state index contributed by atoms with van der Waals surface area (Å²) in [5, 5.41) is 10.7. The van der Waals surface area contributed by atoms with Crippen LogP contribution >= 0.6 is 0 Å². The first-order valence-corrected chi connectivity index (χ1v) is 6.92. The minimum atomic E-state index is -0.212. The van der Waals surface area contributed by atoms with Crippen molar-refractivity contribution in [1.82, 2.24) is 0 Å². The summed E-state index contributed by atoms with van der Waals surface area (Å²) in [6.07, 6.45) is 4.32. The topological polar surface area (TPSA) is 20.2 Å². The molecule has 3 atom stereocenters. The molecule has 1 aromatic carbocycles. The molecule has 1 aromatic rings. The Bertz CT molecular complexity index is 385. The first kappa shape index (κ1) is 12.6. The van der Waals surface area contributed by atoms with E-state index in [1.807, 2.05) is 0 Å². The highest BCUT2D eigenvalue weighted by molar-refractivity contribution is 5.44. The molecule has 0 bridgehead atoms. The van der Waals surface area contributed by atoms with Crippen LogP contribution in [0.25, 0.3) is 0 Å². The molecule has 0 fully saturated rings. The quantitative estimate of drug-likeness (QED) is 0.832. The molecule has 0 saturated heterocycles. The maximum Gasteiger partial charge on any atom is 0.0702 e. The first-order chi connectivity index (χ1) is 8.15. The van der Waals surface area contributed by atoms with Gasteiger partial charge in [-0.2, -0.15) is 0 Å². The van der Waals surface area contributed by atoms with Crippen LogP contribution < -0.4 is 0 Å². The van der Waals surface area contributed by atoms with Gasteiger partial charge in [-0.05, 0) is 24.0 Å². The van der Waals surface area contributed by atoms with Gasteiger partial charge in [0.2, 0.25) is 0 Å². The summed E-state index contributed by atoms with van der Waals surface area (Å²) >= 11 is 0. The number of unbranched alkanes of at least 4 members (excludes halogenated alkanes) is 1. The van der Waals surface area contributed by atoms with E-state index in [4.69, 9.17) is 0 Å².